The molecule has 0 aromatic rings. The molecule has 8 atom stereocenters. The minimum absolute atomic E-state index is 0.0284. The van der Waals surface area contributed by atoms with Gasteiger partial charge in [0.15, 0.2) is 0 Å². The van der Waals surface area contributed by atoms with E-state index in [-0.39, 0.29) is 41.2 Å². The maximum absolute atomic E-state index is 11.9. The molecule has 2 saturated carbocycles. The SMILES string of the molecule is CC(=O)O[C@H]1C[C@H]2[C@H](C)CC3OC(=O)[C@@H](C)[C@H]3C[C@]2(C)[C@H]1O. The number of hydrogen-bond donors (Lipinski definition) is 1. The summed E-state index contributed by atoms with van der Waals surface area (Å²) >= 11 is 0. The van der Waals surface area contributed by atoms with E-state index in [0.29, 0.717) is 12.3 Å². The van der Waals surface area contributed by atoms with Crippen LogP contribution in [0.3, 0.4) is 0 Å². The molecule has 3 fully saturated rings. The fourth-order valence-corrected chi connectivity index (χ4v) is 5.18. The number of fused-ring (bicyclic) bond motifs is 2. The van der Waals surface area contributed by atoms with Crippen molar-refractivity contribution >= 4 is 11.9 Å². The number of rotatable bonds is 1. The summed E-state index contributed by atoms with van der Waals surface area (Å²) in [5, 5.41) is 10.8. The van der Waals surface area contributed by atoms with E-state index in [9.17, 15) is 14.7 Å². The second-order valence-electron chi connectivity index (χ2n) is 7.79. The molecule has 3 rings (SSSR count). The molecule has 1 aliphatic heterocycles. The number of esters is 2. The molecule has 0 bridgehead atoms. The second-order valence-corrected chi connectivity index (χ2v) is 7.79. The van der Waals surface area contributed by atoms with Gasteiger partial charge in [0.1, 0.15) is 12.2 Å². The van der Waals surface area contributed by atoms with Crippen molar-refractivity contribution in [1.29, 1.82) is 0 Å². The molecule has 0 aromatic carbocycles. The van der Waals surface area contributed by atoms with E-state index in [0.717, 1.165) is 12.8 Å². The van der Waals surface area contributed by atoms with Crippen LogP contribution < -0.4 is 0 Å². The highest BCUT2D eigenvalue weighted by Gasteiger charge is 2.60. The topological polar surface area (TPSA) is 72.8 Å². The molecule has 0 amide bonds. The molecule has 1 saturated heterocycles. The highest BCUT2D eigenvalue weighted by atomic mass is 16.6. The third-order valence-corrected chi connectivity index (χ3v) is 6.40. The minimum Gasteiger partial charge on any atom is -0.462 e. The molecule has 2 aliphatic carbocycles. The molecule has 1 heterocycles. The van der Waals surface area contributed by atoms with E-state index in [4.69, 9.17) is 9.47 Å². The normalized spacial score (nSPS) is 50.8. The Hall–Kier alpha value is -1.10. The van der Waals surface area contributed by atoms with Crippen LogP contribution in [0.4, 0.5) is 0 Å². The number of hydrogen-bond acceptors (Lipinski definition) is 5. The van der Waals surface area contributed by atoms with Crippen LogP contribution in [0, 0.1) is 29.1 Å². The van der Waals surface area contributed by atoms with Crippen LogP contribution in [0.5, 0.6) is 0 Å². The van der Waals surface area contributed by atoms with Gasteiger partial charge in [0.05, 0.1) is 12.0 Å². The van der Waals surface area contributed by atoms with Crippen molar-refractivity contribution in [2.24, 2.45) is 29.1 Å². The summed E-state index contributed by atoms with van der Waals surface area (Å²) < 4.78 is 10.9. The van der Waals surface area contributed by atoms with Gasteiger partial charge < -0.3 is 14.6 Å². The van der Waals surface area contributed by atoms with Crippen LogP contribution in [0.1, 0.15) is 47.0 Å². The first-order valence-corrected chi connectivity index (χ1v) is 8.29. The molecule has 0 spiro atoms. The quantitative estimate of drug-likeness (QED) is 0.749. The van der Waals surface area contributed by atoms with Crippen molar-refractivity contribution in [2.75, 3.05) is 0 Å². The number of carbonyl (C=O) groups is 2. The Bertz CT molecular complexity index is 489. The van der Waals surface area contributed by atoms with E-state index in [1.807, 2.05) is 6.92 Å². The molecular formula is C17H26O5. The van der Waals surface area contributed by atoms with Gasteiger partial charge in [-0.1, -0.05) is 20.8 Å². The van der Waals surface area contributed by atoms with E-state index < -0.39 is 12.2 Å². The number of aliphatic hydroxyl groups excluding tert-OH is 1. The fraction of sp³-hybridized carbons (Fsp3) is 0.882. The van der Waals surface area contributed by atoms with Gasteiger partial charge in [0, 0.05) is 18.3 Å². The summed E-state index contributed by atoms with van der Waals surface area (Å²) in [5.74, 6) is 0.177. The standard InChI is InChI=1S/C17H26O5/c1-8-5-13-11(9(2)16(20)22-13)7-17(4)12(8)6-14(15(17)19)21-10(3)18/h8-9,11-15,19H,5-7H2,1-4H3/t8-,9+,11-,12+,13?,14+,15+,17+/m1/s1. The Morgan fingerprint density at radius 1 is 1.36 bits per heavy atom. The predicted octanol–water partition coefficient (Wildman–Crippen LogP) is 1.91. The third-order valence-electron chi connectivity index (χ3n) is 6.40. The van der Waals surface area contributed by atoms with Crippen molar-refractivity contribution in [3.05, 3.63) is 0 Å². The summed E-state index contributed by atoms with van der Waals surface area (Å²) in [6.07, 6.45) is 1.14. The van der Waals surface area contributed by atoms with Gasteiger partial charge in [-0.05, 0) is 31.1 Å². The van der Waals surface area contributed by atoms with Gasteiger partial charge in [-0.15, -0.1) is 0 Å². The van der Waals surface area contributed by atoms with Crippen LogP contribution in [0.15, 0.2) is 0 Å². The molecule has 3 aliphatic rings. The number of carbonyl (C=O) groups excluding carboxylic acids is 2. The summed E-state index contributed by atoms with van der Waals surface area (Å²) in [5.41, 5.74) is -0.332. The van der Waals surface area contributed by atoms with Gasteiger partial charge in [0.25, 0.3) is 0 Å². The molecule has 5 heteroatoms. The zero-order chi connectivity index (χ0) is 16.2. The third kappa shape index (κ3) is 2.25. The molecule has 0 radical (unpaired) electrons. The Morgan fingerprint density at radius 2 is 2.05 bits per heavy atom. The van der Waals surface area contributed by atoms with Gasteiger partial charge in [-0.3, -0.25) is 9.59 Å². The van der Waals surface area contributed by atoms with E-state index in [2.05, 4.69) is 13.8 Å². The summed E-state index contributed by atoms with van der Waals surface area (Å²) in [4.78, 5) is 23.2. The summed E-state index contributed by atoms with van der Waals surface area (Å²) in [6.45, 7) is 7.55. The average Bonchev–Trinajstić information content (AvgIpc) is 2.77. The highest BCUT2D eigenvalue weighted by molar-refractivity contribution is 5.74. The summed E-state index contributed by atoms with van der Waals surface area (Å²) in [7, 11) is 0. The smallest absolute Gasteiger partial charge is 0.309 e. The first-order chi connectivity index (χ1) is 10.2. The predicted molar refractivity (Wildman–Crippen MR) is 78.7 cm³/mol. The maximum atomic E-state index is 11.9. The molecule has 22 heavy (non-hydrogen) atoms. The summed E-state index contributed by atoms with van der Waals surface area (Å²) in [6, 6.07) is 0. The van der Waals surface area contributed by atoms with E-state index in [1.165, 1.54) is 6.92 Å². The lowest BCUT2D eigenvalue weighted by atomic mass is 9.69. The first-order valence-electron chi connectivity index (χ1n) is 8.29. The fourth-order valence-electron chi connectivity index (χ4n) is 5.18. The maximum Gasteiger partial charge on any atom is 0.309 e. The van der Waals surface area contributed by atoms with Crippen molar-refractivity contribution < 1.29 is 24.2 Å². The van der Waals surface area contributed by atoms with Crippen molar-refractivity contribution in [3.8, 4) is 0 Å². The zero-order valence-electron chi connectivity index (χ0n) is 13.7. The second kappa shape index (κ2) is 5.22. The molecule has 1 unspecified atom stereocenters. The minimum atomic E-state index is -0.675. The van der Waals surface area contributed by atoms with Gasteiger partial charge in [0.2, 0.25) is 0 Å². The van der Waals surface area contributed by atoms with Gasteiger partial charge in [-0.25, -0.2) is 0 Å². The lowest BCUT2D eigenvalue weighted by Crippen LogP contribution is -2.40. The van der Waals surface area contributed by atoms with Crippen LogP contribution >= 0.6 is 0 Å². The van der Waals surface area contributed by atoms with Crippen molar-refractivity contribution in [3.63, 3.8) is 0 Å². The highest BCUT2D eigenvalue weighted by Crippen LogP contribution is 2.57. The molecule has 5 nitrogen and oxygen atoms in total. The lowest BCUT2D eigenvalue weighted by Gasteiger charge is -2.37. The Labute approximate surface area is 131 Å². The lowest BCUT2D eigenvalue weighted by molar-refractivity contribution is -0.153. The molecular weight excluding hydrogens is 284 g/mol. The Balaban J connectivity index is 1.89. The number of ether oxygens (including phenoxy) is 2. The Kier molecular flexibility index (Phi) is 3.75. The average molecular weight is 310 g/mol. The zero-order valence-corrected chi connectivity index (χ0v) is 13.7. The Morgan fingerprint density at radius 3 is 2.68 bits per heavy atom. The van der Waals surface area contributed by atoms with Crippen molar-refractivity contribution in [2.45, 2.75) is 65.3 Å². The largest absolute Gasteiger partial charge is 0.462 e. The monoisotopic (exact) mass is 310 g/mol. The molecule has 1 N–H and O–H groups in total. The van der Waals surface area contributed by atoms with E-state index >= 15 is 0 Å². The molecule has 124 valence electrons. The van der Waals surface area contributed by atoms with Gasteiger partial charge in [-0.2, -0.15) is 0 Å². The number of aliphatic hydroxyl groups is 1. The van der Waals surface area contributed by atoms with Gasteiger partial charge >= 0.3 is 11.9 Å². The van der Waals surface area contributed by atoms with E-state index in [1.54, 1.807) is 0 Å². The van der Waals surface area contributed by atoms with Crippen LogP contribution in [-0.2, 0) is 19.1 Å². The van der Waals surface area contributed by atoms with Crippen molar-refractivity contribution in [1.82, 2.24) is 0 Å². The first kappa shape index (κ1) is 15.8. The van der Waals surface area contributed by atoms with Crippen LogP contribution in [0.25, 0.3) is 0 Å². The van der Waals surface area contributed by atoms with Crippen LogP contribution in [0.2, 0.25) is 0 Å². The van der Waals surface area contributed by atoms with Crippen LogP contribution in [-0.4, -0.2) is 35.4 Å². The molecule has 0 aromatic heterocycles.